The van der Waals surface area contributed by atoms with Crippen molar-refractivity contribution in [2.24, 2.45) is 5.11 Å². The van der Waals surface area contributed by atoms with Gasteiger partial charge in [0.15, 0.2) is 10.8 Å². The van der Waals surface area contributed by atoms with Crippen molar-refractivity contribution in [1.29, 1.82) is 0 Å². The lowest BCUT2D eigenvalue weighted by Gasteiger charge is -2.29. The van der Waals surface area contributed by atoms with Crippen molar-refractivity contribution in [2.45, 2.75) is 45.6 Å². The molecule has 1 heterocycles. The van der Waals surface area contributed by atoms with Gasteiger partial charge in [-0.05, 0) is 69.1 Å². The Kier molecular flexibility index (Phi) is 6.19. The average Bonchev–Trinajstić information content (AvgIpc) is 2.77. The minimum atomic E-state index is -0.714. The lowest BCUT2D eigenvalue weighted by molar-refractivity contribution is -0.123. The molecule has 1 saturated heterocycles. The number of amides is 1. The summed E-state index contributed by atoms with van der Waals surface area (Å²) in [6.45, 7) is 13.9. The molecule has 1 fully saturated rings. The van der Waals surface area contributed by atoms with Crippen LogP contribution in [-0.4, -0.2) is 34.5 Å². The van der Waals surface area contributed by atoms with Crippen molar-refractivity contribution in [3.63, 3.8) is 0 Å². The normalized spacial score (nSPS) is 15.8. The minimum Gasteiger partial charge on any atom is -0.334 e. The van der Waals surface area contributed by atoms with E-state index in [0.717, 1.165) is 24.8 Å². The summed E-state index contributed by atoms with van der Waals surface area (Å²) < 4.78 is 0. The van der Waals surface area contributed by atoms with E-state index < -0.39 is 5.54 Å². The number of carbonyl (C=O) groups is 1. The topological polar surface area (TPSA) is 76.7 Å². The second-order valence-electron chi connectivity index (χ2n) is 6.73. The zero-order valence-electron chi connectivity index (χ0n) is 15.3. The largest absolute Gasteiger partial charge is 0.334 e. The molecule has 7 nitrogen and oxygen atoms in total. The molecule has 2 rings (SSSR count). The van der Waals surface area contributed by atoms with Crippen LogP contribution in [0, 0.1) is 13.5 Å². The Balaban J connectivity index is 2.14. The van der Waals surface area contributed by atoms with Crippen molar-refractivity contribution < 1.29 is 4.79 Å². The minimum absolute atomic E-state index is 0.0634. The molecule has 0 atom stereocenters. The number of anilines is 1. The van der Waals surface area contributed by atoms with Gasteiger partial charge in [-0.2, -0.15) is 0 Å². The number of nitrogens with zero attached hydrogens (tertiary/aromatic N) is 6. The first-order valence-electron chi connectivity index (χ1n) is 8.49. The second kappa shape index (κ2) is 8.17. The number of carbonyl (C=O) groups excluding carboxylic acids is 1. The van der Waals surface area contributed by atoms with E-state index in [4.69, 9.17) is 24.3 Å². The van der Waals surface area contributed by atoms with Crippen LogP contribution in [0.25, 0.3) is 15.3 Å². The summed E-state index contributed by atoms with van der Waals surface area (Å²) >= 11 is 5.60. The van der Waals surface area contributed by atoms with Gasteiger partial charge in [-0.3, -0.25) is 9.69 Å². The average molecular weight is 370 g/mol. The van der Waals surface area contributed by atoms with Gasteiger partial charge in [0, 0.05) is 23.7 Å². The van der Waals surface area contributed by atoms with Crippen LogP contribution >= 0.6 is 12.2 Å². The van der Waals surface area contributed by atoms with Crippen molar-refractivity contribution in [1.82, 2.24) is 4.90 Å². The van der Waals surface area contributed by atoms with E-state index in [2.05, 4.69) is 14.9 Å². The maximum atomic E-state index is 13.0. The third-order valence-corrected chi connectivity index (χ3v) is 4.99. The number of azide groups is 1. The number of rotatable bonds is 7. The number of unbranched alkanes of at least 4 members (excludes halogenated alkanes) is 2. The molecule has 0 radical (unpaired) electrons. The molecule has 0 N–H and O–H groups in total. The van der Waals surface area contributed by atoms with Crippen molar-refractivity contribution in [2.75, 3.05) is 18.0 Å². The molecule has 0 saturated carbocycles. The fourth-order valence-electron chi connectivity index (χ4n) is 3.02. The van der Waals surface area contributed by atoms with Gasteiger partial charge in [0.05, 0.1) is 6.57 Å². The first kappa shape index (κ1) is 19.7. The van der Waals surface area contributed by atoms with Crippen molar-refractivity contribution in [3.05, 3.63) is 45.6 Å². The molecule has 1 aromatic rings. The highest BCUT2D eigenvalue weighted by atomic mass is 32.1. The maximum absolute atomic E-state index is 13.0. The third-order valence-electron chi connectivity index (χ3n) is 4.59. The van der Waals surface area contributed by atoms with E-state index in [-0.39, 0.29) is 5.91 Å². The van der Waals surface area contributed by atoms with Crippen LogP contribution in [0.15, 0.2) is 23.3 Å². The Morgan fingerprint density at radius 3 is 2.65 bits per heavy atom. The van der Waals surface area contributed by atoms with Gasteiger partial charge in [0.1, 0.15) is 5.54 Å². The molecule has 1 aliphatic heterocycles. The highest BCUT2D eigenvalue weighted by Gasteiger charge is 2.49. The molecule has 1 aromatic carbocycles. The number of hydrogen-bond acceptors (Lipinski definition) is 3. The molecule has 1 amide bonds. The fourth-order valence-corrected chi connectivity index (χ4v) is 3.52. The molecule has 0 aromatic heterocycles. The summed E-state index contributed by atoms with van der Waals surface area (Å²) in [4.78, 5) is 22.7. The monoisotopic (exact) mass is 370 g/mol. The highest BCUT2D eigenvalue weighted by molar-refractivity contribution is 7.80. The molecule has 0 unspecified atom stereocenters. The lowest BCUT2D eigenvalue weighted by atomic mass is 10.0. The Hall–Kier alpha value is -2.62. The van der Waals surface area contributed by atoms with Gasteiger partial charge in [0.2, 0.25) is 0 Å². The molecule has 136 valence electrons. The van der Waals surface area contributed by atoms with Crippen molar-refractivity contribution >= 4 is 34.6 Å². The summed E-state index contributed by atoms with van der Waals surface area (Å²) in [5.74, 6) is -0.0634. The van der Waals surface area contributed by atoms with Gasteiger partial charge < -0.3 is 4.90 Å². The second-order valence-corrected chi connectivity index (χ2v) is 7.10. The van der Waals surface area contributed by atoms with Crippen LogP contribution in [-0.2, 0) is 4.79 Å². The number of aryl methyl sites for hydroxylation is 1. The van der Waals surface area contributed by atoms with Crippen LogP contribution in [0.2, 0.25) is 0 Å². The molecular weight excluding hydrogens is 348 g/mol. The third kappa shape index (κ3) is 3.79. The lowest BCUT2D eigenvalue weighted by Crippen LogP contribution is -2.44. The smallest absolute Gasteiger partial charge is 0.258 e. The SMILES string of the molecule is [C-]#[N+]c1ccc(N2C(=O)C(C)(C)N(CCCCCN=[N+]=[N-])C2=S)cc1C. The highest BCUT2D eigenvalue weighted by Crippen LogP contribution is 2.34. The number of hydrogen-bond donors (Lipinski definition) is 0. The van der Waals surface area contributed by atoms with E-state index in [9.17, 15) is 4.79 Å². The Morgan fingerprint density at radius 2 is 2.04 bits per heavy atom. The van der Waals surface area contributed by atoms with Gasteiger partial charge >= 0.3 is 0 Å². The first-order valence-corrected chi connectivity index (χ1v) is 8.90. The van der Waals surface area contributed by atoms with Crippen LogP contribution in [0.3, 0.4) is 0 Å². The van der Waals surface area contributed by atoms with E-state index in [1.54, 1.807) is 17.0 Å². The molecule has 0 bridgehead atoms. The predicted octanol–water partition coefficient (Wildman–Crippen LogP) is 4.74. The molecule has 1 aliphatic rings. The van der Waals surface area contributed by atoms with Gasteiger partial charge in [-0.1, -0.05) is 17.6 Å². The van der Waals surface area contributed by atoms with Gasteiger partial charge in [-0.15, -0.1) is 0 Å². The van der Waals surface area contributed by atoms with Crippen molar-refractivity contribution in [3.8, 4) is 0 Å². The van der Waals surface area contributed by atoms with Gasteiger partial charge in [-0.25, -0.2) is 4.85 Å². The summed E-state index contributed by atoms with van der Waals surface area (Å²) in [5.41, 5.74) is 9.67. The first-order chi connectivity index (χ1) is 12.3. The van der Waals surface area contributed by atoms with E-state index >= 15 is 0 Å². The molecule has 26 heavy (non-hydrogen) atoms. The zero-order valence-corrected chi connectivity index (χ0v) is 16.1. The van der Waals surface area contributed by atoms with E-state index in [1.165, 1.54) is 0 Å². The summed E-state index contributed by atoms with van der Waals surface area (Å²) in [6.07, 6.45) is 2.59. The summed E-state index contributed by atoms with van der Waals surface area (Å²) in [6, 6.07) is 5.32. The maximum Gasteiger partial charge on any atom is 0.258 e. The van der Waals surface area contributed by atoms with Crippen LogP contribution < -0.4 is 4.90 Å². The zero-order chi connectivity index (χ0) is 19.3. The number of thiocarbonyl (C=S) groups is 1. The van der Waals surface area contributed by atoms with Crippen LogP contribution in [0.5, 0.6) is 0 Å². The standard InChI is InChI=1S/C18H22N6OS/c1-13-12-14(8-9-15(13)20-4)24-16(25)18(2,3)23(17(24)26)11-7-5-6-10-21-22-19/h8-9,12H,5-7,10-11H2,1-3H3. The van der Waals surface area contributed by atoms with E-state index in [0.29, 0.717) is 29.6 Å². The summed E-state index contributed by atoms with van der Waals surface area (Å²) in [5, 5.41) is 4.02. The van der Waals surface area contributed by atoms with E-state index in [1.807, 2.05) is 31.7 Å². The van der Waals surface area contributed by atoms with Crippen LogP contribution in [0.4, 0.5) is 11.4 Å². The van der Waals surface area contributed by atoms with Gasteiger partial charge in [0.25, 0.3) is 5.91 Å². The molecule has 0 spiro atoms. The van der Waals surface area contributed by atoms with Crippen LogP contribution in [0.1, 0.15) is 38.7 Å². The predicted molar refractivity (Wildman–Crippen MR) is 106 cm³/mol. The molecule has 8 heteroatoms. The Labute approximate surface area is 159 Å². The summed E-state index contributed by atoms with van der Waals surface area (Å²) in [7, 11) is 0. The quantitative estimate of drug-likeness (QED) is 0.174. The number of benzene rings is 1. The Morgan fingerprint density at radius 1 is 1.31 bits per heavy atom. The Bertz CT molecular complexity index is 806. The fraction of sp³-hybridized carbons (Fsp3) is 0.500. The molecular formula is C18H22N6OS. The molecule has 0 aliphatic carbocycles.